The normalized spacial score (nSPS) is 23.6. The van der Waals surface area contributed by atoms with Gasteiger partial charge in [0.2, 0.25) is 5.83 Å². The van der Waals surface area contributed by atoms with Crippen molar-refractivity contribution >= 4 is 0 Å². The second-order valence-electron chi connectivity index (χ2n) is 3.35. The summed E-state index contributed by atoms with van der Waals surface area (Å²) in [6.07, 6.45) is -2.02. The van der Waals surface area contributed by atoms with E-state index in [-0.39, 0.29) is 4.48 Å². The van der Waals surface area contributed by atoms with E-state index in [1.165, 1.54) is 0 Å². The smallest absolute Gasteiger partial charge is 0.294 e. The van der Waals surface area contributed by atoms with Crippen LogP contribution in [0.2, 0.25) is 0 Å². The Morgan fingerprint density at radius 2 is 1.92 bits per heavy atom. The molecule has 0 radical (unpaired) electrons. The molecule has 76 valence electrons. The Balaban J connectivity index is 2.63. The van der Waals surface area contributed by atoms with Crippen LogP contribution in [0.15, 0.2) is 12.0 Å². The minimum Gasteiger partial charge on any atom is -0.370 e. The first-order chi connectivity index (χ1) is 6.03. The van der Waals surface area contributed by atoms with Crippen LogP contribution in [0.5, 0.6) is 0 Å². The number of allylic oxidation sites excluding steroid dienone is 1. The molecular weight excluding hydrogens is 183 g/mol. The van der Waals surface area contributed by atoms with Crippen molar-refractivity contribution in [3.05, 3.63) is 12.0 Å². The van der Waals surface area contributed by atoms with Gasteiger partial charge < -0.3 is 4.74 Å². The Morgan fingerprint density at radius 1 is 1.38 bits per heavy atom. The van der Waals surface area contributed by atoms with Crippen LogP contribution >= 0.6 is 0 Å². The SMILES string of the molecule is C[N+]1(/C=C(\F)C(F)F)CCOCC1. The molecule has 0 amide bonds. The van der Waals surface area contributed by atoms with Gasteiger partial charge in [-0.25, -0.2) is 8.78 Å². The van der Waals surface area contributed by atoms with Crippen molar-refractivity contribution in [3.8, 4) is 0 Å². The molecule has 0 aliphatic carbocycles. The highest BCUT2D eigenvalue weighted by molar-refractivity contribution is 4.89. The highest BCUT2D eigenvalue weighted by Crippen LogP contribution is 2.16. The van der Waals surface area contributed by atoms with Gasteiger partial charge in [0.1, 0.15) is 19.3 Å². The second kappa shape index (κ2) is 4.11. The third kappa shape index (κ3) is 3.00. The molecule has 0 unspecified atom stereocenters. The van der Waals surface area contributed by atoms with E-state index in [0.29, 0.717) is 26.3 Å². The summed E-state index contributed by atoms with van der Waals surface area (Å²) in [6, 6.07) is 0. The molecule has 2 nitrogen and oxygen atoms in total. The molecule has 1 rings (SSSR count). The van der Waals surface area contributed by atoms with E-state index >= 15 is 0 Å². The van der Waals surface area contributed by atoms with Crippen LogP contribution in [-0.4, -0.2) is 44.3 Å². The monoisotopic (exact) mass is 196 g/mol. The summed E-state index contributed by atoms with van der Waals surface area (Å²) in [5.74, 6) is -1.34. The van der Waals surface area contributed by atoms with Crippen LogP contribution in [0.1, 0.15) is 0 Å². The fourth-order valence-electron chi connectivity index (χ4n) is 1.24. The largest absolute Gasteiger partial charge is 0.370 e. The highest BCUT2D eigenvalue weighted by Gasteiger charge is 2.26. The van der Waals surface area contributed by atoms with Crippen molar-refractivity contribution in [2.24, 2.45) is 0 Å². The molecule has 0 aromatic rings. The molecular formula is C8H13F3NO+. The van der Waals surface area contributed by atoms with Crippen LogP contribution in [0, 0.1) is 0 Å². The van der Waals surface area contributed by atoms with Gasteiger partial charge in [-0.1, -0.05) is 0 Å². The minimum absolute atomic E-state index is 0.191. The van der Waals surface area contributed by atoms with Gasteiger partial charge in [0.15, 0.2) is 0 Å². The van der Waals surface area contributed by atoms with Crippen LogP contribution in [0.25, 0.3) is 0 Å². The number of alkyl halides is 2. The molecule has 1 aliphatic rings. The molecule has 1 aliphatic heterocycles. The summed E-state index contributed by atoms with van der Waals surface area (Å²) >= 11 is 0. The van der Waals surface area contributed by atoms with Crippen LogP contribution in [-0.2, 0) is 4.74 Å². The van der Waals surface area contributed by atoms with Gasteiger partial charge >= 0.3 is 0 Å². The maximum Gasteiger partial charge on any atom is 0.294 e. The highest BCUT2D eigenvalue weighted by atomic mass is 19.3. The lowest BCUT2D eigenvalue weighted by Gasteiger charge is -2.33. The van der Waals surface area contributed by atoms with Crippen molar-refractivity contribution in [1.82, 2.24) is 0 Å². The quantitative estimate of drug-likeness (QED) is 0.609. The number of morpholine rings is 1. The number of rotatable bonds is 2. The fraction of sp³-hybridized carbons (Fsp3) is 0.750. The second-order valence-corrected chi connectivity index (χ2v) is 3.35. The molecule has 1 saturated heterocycles. The number of halogens is 3. The molecule has 0 atom stereocenters. The molecule has 0 N–H and O–H groups in total. The Hall–Kier alpha value is -0.550. The van der Waals surface area contributed by atoms with E-state index in [2.05, 4.69) is 0 Å². The molecule has 5 heteroatoms. The summed E-state index contributed by atoms with van der Waals surface area (Å²) in [4.78, 5) is 0. The van der Waals surface area contributed by atoms with Gasteiger partial charge in [0.05, 0.1) is 20.3 Å². The fourth-order valence-corrected chi connectivity index (χ4v) is 1.24. The predicted molar refractivity (Wildman–Crippen MR) is 41.9 cm³/mol. The Morgan fingerprint density at radius 3 is 2.38 bits per heavy atom. The molecule has 0 saturated carbocycles. The molecule has 1 fully saturated rings. The summed E-state index contributed by atoms with van der Waals surface area (Å²) in [7, 11) is 1.71. The number of quaternary nitrogens is 1. The number of hydrogen-bond donors (Lipinski definition) is 0. The summed E-state index contributed by atoms with van der Waals surface area (Å²) in [6.45, 7) is 2.06. The molecule has 0 spiro atoms. The van der Waals surface area contributed by atoms with Crippen LogP contribution < -0.4 is 0 Å². The van der Waals surface area contributed by atoms with E-state index in [0.717, 1.165) is 6.20 Å². The maximum absolute atomic E-state index is 12.6. The zero-order chi connectivity index (χ0) is 9.90. The first-order valence-electron chi connectivity index (χ1n) is 4.12. The minimum atomic E-state index is -3.00. The van der Waals surface area contributed by atoms with Gasteiger partial charge in [0, 0.05) is 0 Å². The number of likely N-dealkylation sites (N-methyl/N-ethyl adjacent to an activating group) is 1. The standard InChI is InChI=1S/C8H13F3NO/c1-12(2-4-13-5-3-12)6-7(9)8(10)11/h6,8H,2-5H2,1H3/q+1/b7-6-. The summed E-state index contributed by atoms with van der Waals surface area (Å²) < 4.78 is 41.6. The Bertz CT molecular complexity index is 200. The van der Waals surface area contributed by atoms with E-state index in [9.17, 15) is 13.2 Å². The zero-order valence-electron chi connectivity index (χ0n) is 7.47. The van der Waals surface area contributed by atoms with Crippen molar-refractivity contribution in [3.63, 3.8) is 0 Å². The first kappa shape index (κ1) is 10.5. The molecule has 0 aromatic carbocycles. The zero-order valence-corrected chi connectivity index (χ0v) is 7.47. The molecule has 0 aromatic heterocycles. The van der Waals surface area contributed by atoms with Crippen molar-refractivity contribution in [2.45, 2.75) is 6.43 Å². The third-order valence-corrected chi connectivity index (χ3v) is 2.14. The Kier molecular flexibility index (Phi) is 3.33. The van der Waals surface area contributed by atoms with E-state index in [1.54, 1.807) is 7.05 Å². The van der Waals surface area contributed by atoms with Gasteiger partial charge in [-0.2, -0.15) is 4.39 Å². The average molecular weight is 196 g/mol. The van der Waals surface area contributed by atoms with E-state index in [1.807, 2.05) is 0 Å². The lowest BCUT2D eigenvalue weighted by Crippen LogP contribution is -2.47. The van der Waals surface area contributed by atoms with Gasteiger partial charge in [0.25, 0.3) is 6.43 Å². The summed E-state index contributed by atoms with van der Waals surface area (Å²) in [5, 5.41) is 0. The maximum atomic E-state index is 12.6. The summed E-state index contributed by atoms with van der Waals surface area (Å²) in [5.41, 5.74) is 0. The molecule has 13 heavy (non-hydrogen) atoms. The number of ether oxygens (including phenoxy) is 1. The molecule has 0 bridgehead atoms. The van der Waals surface area contributed by atoms with Gasteiger partial charge in [-0.15, -0.1) is 0 Å². The lowest BCUT2D eigenvalue weighted by atomic mass is 10.3. The van der Waals surface area contributed by atoms with E-state index in [4.69, 9.17) is 4.74 Å². The lowest BCUT2D eigenvalue weighted by molar-refractivity contribution is -0.868. The van der Waals surface area contributed by atoms with E-state index < -0.39 is 12.3 Å². The number of hydrogen-bond acceptors (Lipinski definition) is 1. The van der Waals surface area contributed by atoms with Crippen LogP contribution in [0.4, 0.5) is 13.2 Å². The third-order valence-electron chi connectivity index (χ3n) is 2.14. The van der Waals surface area contributed by atoms with Crippen molar-refractivity contribution < 1.29 is 22.4 Å². The van der Waals surface area contributed by atoms with Crippen molar-refractivity contribution in [1.29, 1.82) is 0 Å². The Labute approximate surface area is 75.2 Å². The first-order valence-corrected chi connectivity index (χ1v) is 4.12. The van der Waals surface area contributed by atoms with Crippen LogP contribution in [0.3, 0.4) is 0 Å². The van der Waals surface area contributed by atoms with Crippen molar-refractivity contribution in [2.75, 3.05) is 33.4 Å². The average Bonchev–Trinajstić information content (AvgIpc) is 2.04. The predicted octanol–water partition coefficient (Wildman–Crippen LogP) is 1.54. The number of nitrogens with zero attached hydrogens (tertiary/aromatic N) is 1. The topological polar surface area (TPSA) is 9.23 Å². The molecule has 1 heterocycles. The van der Waals surface area contributed by atoms with Gasteiger partial charge in [-0.05, 0) is 0 Å². The van der Waals surface area contributed by atoms with Gasteiger partial charge in [-0.3, -0.25) is 4.48 Å².